The Hall–Kier alpha value is -2.14. The van der Waals surface area contributed by atoms with Gasteiger partial charge in [-0.05, 0) is 37.6 Å². The number of carbonyl (C=O) groups excluding carboxylic acids is 1. The summed E-state index contributed by atoms with van der Waals surface area (Å²) in [5.41, 5.74) is 2.31. The maximum absolute atomic E-state index is 12.2. The van der Waals surface area contributed by atoms with E-state index in [1.165, 1.54) is 17.3 Å². The van der Waals surface area contributed by atoms with E-state index in [0.29, 0.717) is 17.3 Å². The van der Waals surface area contributed by atoms with E-state index >= 15 is 0 Å². The van der Waals surface area contributed by atoms with Crippen molar-refractivity contribution in [3.05, 3.63) is 53.6 Å². The summed E-state index contributed by atoms with van der Waals surface area (Å²) in [5.74, 6) is 1.70. The van der Waals surface area contributed by atoms with Gasteiger partial charge in [0, 0.05) is 4.90 Å². The minimum absolute atomic E-state index is 0.00265. The Kier molecular flexibility index (Phi) is 6.55. The van der Waals surface area contributed by atoms with Crippen molar-refractivity contribution < 1.29 is 14.3 Å². The average Bonchev–Trinajstić information content (AvgIpc) is 2.60. The van der Waals surface area contributed by atoms with Gasteiger partial charge in [0.15, 0.2) is 11.5 Å². The molecule has 0 aliphatic rings. The molecule has 0 saturated heterocycles. The summed E-state index contributed by atoms with van der Waals surface area (Å²) >= 11 is 1.47. The van der Waals surface area contributed by atoms with Gasteiger partial charge in [0.05, 0.1) is 26.0 Å². The number of ether oxygens (including phenoxy) is 2. The van der Waals surface area contributed by atoms with Crippen LogP contribution in [-0.2, 0) is 4.79 Å². The standard InChI is InChI=1S/C19H23NO3S/c1-13-5-7-15(8-6-13)14(2)20-19(21)12-24-16-9-10-17(22-3)18(11-16)23-4/h5-11,14H,12H2,1-4H3,(H,20,21). The Morgan fingerprint density at radius 1 is 1.08 bits per heavy atom. The number of methoxy groups -OCH3 is 2. The summed E-state index contributed by atoms with van der Waals surface area (Å²) < 4.78 is 10.5. The van der Waals surface area contributed by atoms with Crippen molar-refractivity contribution in [3.63, 3.8) is 0 Å². The zero-order valence-electron chi connectivity index (χ0n) is 14.5. The van der Waals surface area contributed by atoms with E-state index in [2.05, 4.69) is 17.4 Å². The van der Waals surface area contributed by atoms with Crippen molar-refractivity contribution in [1.29, 1.82) is 0 Å². The van der Waals surface area contributed by atoms with Crippen LogP contribution in [0.4, 0.5) is 0 Å². The number of carbonyl (C=O) groups is 1. The van der Waals surface area contributed by atoms with Crippen LogP contribution in [0.1, 0.15) is 24.1 Å². The Bertz CT molecular complexity index is 686. The molecule has 0 aliphatic heterocycles. The fraction of sp³-hybridized carbons (Fsp3) is 0.316. The molecule has 2 rings (SSSR count). The normalized spacial score (nSPS) is 11.7. The lowest BCUT2D eigenvalue weighted by Gasteiger charge is -2.15. The summed E-state index contributed by atoms with van der Waals surface area (Å²) in [4.78, 5) is 13.1. The van der Waals surface area contributed by atoms with Crippen LogP contribution in [-0.4, -0.2) is 25.9 Å². The molecule has 5 heteroatoms. The van der Waals surface area contributed by atoms with E-state index in [-0.39, 0.29) is 11.9 Å². The number of hydrogen-bond acceptors (Lipinski definition) is 4. The van der Waals surface area contributed by atoms with Crippen LogP contribution in [0.3, 0.4) is 0 Å². The van der Waals surface area contributed by atoms with Crippen molar-refractivity contribution in [2.24, 2.45) is 0 Å². The van der Waals surface area contributed by atoms with E-state index < -0.39 is 0 Å². The second-order valence-electron chi connectivity index (χ2n) is 5.51. The predicted molar refractivity (Wildman–Crippen MR) is 98.0 cm³/mol. The van der Waals surface area contributed by atoms with Crippen molar-refractivity contribution in [1.82, 2.24) is 5.32 Å². The molecule has 0 saturated carbocycles. The van der Waals surface area contributed by atoms with Gasteiger partial charge in [-0.1, -0.05) is 29.8 Å². The SMILES string of the molecule is COc1ccc(SCC(=O)NC(C)c2ccc(C)cc2)cc1OC. The van der Waals surface area contributed by atoms with Crippen LogP contribution in [0.25, 0.3) is 0 Å². The maximum Gasteiger partial charge on any atom is 0.230 e. The lowest BCUT2D eigenvalue weighted by Crippen LogP contribution is -2.28. The number of amides is 1. The first-order valence-corrected chi connectivity index (χ1v) is 8.72. The number of aryl methyl sites for hydroxylation is 1. The van der Waals surface area contributed by atoms with Gasteiger partial charge < -0.3 is 14.8 Å². The highest BCUT2D eigenvalue weighted by Crippen LogP contribution is 2.31. The quantitative estimate of drug-likeness (QED) is 0.771. The minimum atomic E-state index is -0.0101. The summed E-state index contributed by atoms with van der Waals surface area (Å²) in [6.07, 6.45) is 0. The van der Waals surface area contributed by atoms with Gasteiger partial charge in [-0.15, -0.1) is 11.8 Å². The van der Waals surface area contributed by atoms with Crippen LogP contribution in [0.5, 0.6) is 11.5 Å². The molecule has 1 unspecified atom stereocenters. The number of rotatable bonds is 7. The van der Waals surface area contributed by atoms with E-state index in [1.54, 1.807) is 14.2 Å². The highest BCUT2D eigenvalue weighted by Gasteiger charge is 2.11. The molecule has 0 heterocycles. The Balaban J connectivity index is 1.90. The Labute approximate surface area is 147 Å². The Morgan fingerprint density at radius 3 is 2.38 bits per heavy atom. The van der Waals surface area contributed by atoms with Crippen LogP contribution in [0, 0.1) is 6.92 Å². The van der Waals surface area contributed by atoms with E-state index in [9.17, 15) is 4.79 Å². The molecule has 0 fully saturated rings. The second-order valence-corrected chi connectivity index (χ2v) is 6.55. The van der Waals surface area contributed by atoms with Gasteiger partial charge >= 0.3 is 0 Å². The number of thioether (sulfide) groups is 1. The molecule has 0 radical (unpaired) electrons. The van der Waals surface area contributed by atoms with E-state index in [0.717, 1.165) is 10.5 Å². The molecule has 0 bridgehead atoms. The molecule has 24 heavy (non-hydrogen) atoms. The summed E-state index contributed by atoms with van der Waals surface area (Å²) in [7, 11) is 3.20. The van der Waals surface area contributed by atoms with Crippen molar-refractivity contribution in [2.45, 2.75) is 24.8 Å². The topological polar surface area (TPSA) is 47.6 Å². The lowest BCUT2D eigenvalue weighted by molar-refractivity contribution is -0.119. The second kappa shape index (κ2) is 8.64. The van der Waals surface area contributed by atoms with Crippen LogP contribution in [0.15, 0.2) is 47.4 Å². The number of nitrogens with one attached hydrogen (secondary N) is 1. The molecule has 1 N–H and O–H groups in total. The monoisotopic (exact) mass is 345 g/mol. The van der Waals surface area contributed by atoms with Crippen LogP contribution in [0.2, 0.25) is 0 Å². The first-order valence-electron chi connectivity index (χ1n) is 7.74. The zero-order valence-corrected chi connectivity index (χ0v) is 15.3. The molecule has 2 aromatic carbocycles. The highest BCUT2D eigenvalue weighted by molar-refractivity contribution is 8.00. The average molecular weight is 345 g/mol. The third-order valence-corrected chi connectivity index (χ3v) is 4.67. The van der Waals surface area contributed by atoms with Crippen LogP contribution >= 0.6 is 11.8 Å². The fourth-order valence-corrected chi connectivity index (χ4v) is 3.01. The molecular formula is C19H23NO3S. The smallest absolute Gasteiger partial charge is 0.230 e. The summed E-state index contributed by atoms with van der Waals surface area (Å²) in [6, 6.07) is 13.8. The molecule has 1 atom stereocenters. The lowest BCUT2D eigenvalue weighted by atomic mass is 10.1. The largest absolute Gasteiger partial charge is 0.493 e. The van der Waals surface area contributed by atoms with Gasteiger partial charge in [0.25, 0.3) is 0 Å². The van der Waals surface area contributed by atoms with Gasteiger partial charge in [-0.25, -0.2) is 0 Å². The van der Waals surface area contributed by atoms with Crippen molar-refractivity contribution >= 4 is 17.7 Å². The fourth-order valence-electron chi connectivity index (χ4n) is 2.28. The number of benzene rings is 2. The summed E-state index contributed by atoms with van der Waals surface area (Å²) in [5, 5.41) is 3.02. The Morgan fingerprint density at radius 2 is 1.75 bits per heavy atom. The minimum Gasteiger partial charge on any atom is -0.493 e. The first kappa shape index (κ1) is 18.2. The first-order chi connectivity index (χ1) is 11.5. The van der Waals surface area contributed by atoms with Gasteiger partial charge in [-0.3, -0.25) is 4.79 Å². The summed E-state index contributed by atoms with van der Waals surface area (Å²) in [6.45, 7) is 4.04. The van der Waals surface area contributed by atoms with Crippen molar-refractivity contribution in [3.8, 4) is 11.5 Å². The molecule has 0 spiro atoms. The highest BCUT2D eigenvalue weighted by atomic mass is 32.2. The van der Waals surface area contributed by atoms with Gasteiger partial charge in [0.2, 0.25) is 5.91 Å². The van der Waals surface area contributed by atoms with E-state index in [1.807, 2.05) is 44.2 Å². The molecule has 4 nitrogen and oxygen atoms in total. The van der Waals surface area contributed by atoms with Gasteiger partial charge in [0.1, 0.15) is 0 Å². The van der Waals surface area contributed by atoms with E-state index in [4.69, 9.17) is 9.47 Å². The molecular weight excluding hydrogens is 322 g/mol. The third-order valence-electron chi connectivity index (χ3n) is 3.68. The van der Waals surface area contributed by atoms with Crippen LogP contribution < -0.4 is 14.8 Å². The maximum atomic E-state index is 12.2. The molecule has 0 aliphatic carbocycles. The zero-order chi connectivity index (χ0) is 17.5. The van der Waals surface area contributed by atoms with Crippen molar-refractivity contribution in [2.75, 3.05) is 20.0 Å². The number of hydrogen-bond donors (Lipinski definition) is 1. The predicted octanol–water partition coefficient (Wildman–Crippen LogP) is 3.98. The molecule has 0 aromatic heterocycles. The molecule has 128 valence electrons. The molecule has 2 aromatic rings. The third kappa shape index (κ3) is 4.93. The molecule has 1 amide bonds. The van der Waals surface area contributed by atoms with Gasteiger partial charge in [-0.2, -0.15) is 0 Å².